The summed E-state index contributed by atoms with van der Waals surface area (Å²) in [5.41, 5.74) is 0. The van der Waals surface area contributed by atoms with E-state index in [-0.39, 0.29) is 38.6 Å². The van der Waals surface area contributed by atoms with Gasteiger partial charge in [0.2, 0.25) is 5.91 Å². The third-order valence-electron chi connectivity index (χ3n) is 3.60. The maximum absolute atomic E-state index is 11.5. The highest BCUT2D eigenvalue weighted by Gasteiger charge is 2.32. The Balaban J connectivity index is 1.77. The van der Waals surface area contributed by atoms with E-state index in [2.05, 4.69) is 10.2 Å². The molecule has 13 heteroatoms. The number of ether oxygens (including phenoxy) is 5. The molecule has 0 saturated carbocycles. The van der Waals surface area contributed by atoms with E-state index >= 15 is 0 Å². The number of imide groups is 1. The zero-order valence-electron chi connectivity index (χ0n) is 17.3. The van der Waals surface area contributed by atoms with Gasteiger partial charge < -0.3 is 33.8 Å². The van der Waals surface area contributed by atoms with Crippen LogP contribution in [-0.2, 0) is 47.7 Å². The van der Waals surface area contributed by atoms with Crippen LogP contribution >= 0.6 is 22.6 Å². The summed E-state index contributed by atoms with van der Waals surface area (Å²) in [5, 5.41) is 3.18. The van der Waals surface area contributed by atoms with E-state index in [1.54, 1.807) is 0 Å². The molecule has 1 aliphatic rings. The van der Waals surface area contributed by atoms with Crippen LogP contribution in [0.15, 0.2) is 0 Å². The summed E-state index contributed by atoms with van der Waals surface area (Å²) in [5.74, 6) is -1.90. The van der Waals surface area contributed by atoms with Crippen LogP contribution in [0.2, 0.25) is 0 Å². The van der Waals surface area contributed by atoms with Crippen LogP contribution < -0.4 is 5.32 Å². The van der Waals surface area contributed by atoms with E-state index in [1.165, 1.54) is 0 Å². The zero-order valence-corrected chi connectivity index (χ0v) is 19.5. The smallest absolute Gasteiger partial charge is 0.358 e. The van der Waals surface area contributed by atoms with Gasteiger partial charge in [-0.05, 0) is 0 Å². The third kappa shape index (κ3) is 14.3. The SMILES string of the molecule is O=C(CI)NCCOCCOCCOCCOCCOCC(=O)ON1C(=O)CCC1=O. The van der Waals surface area contributed by atoms with Gasteiger partial charge in [0, 0.05) is 19.4 Å². The molecule has 1 rings (SSSR count). The Morgan fingerprint density at radius 1 is 0.774 bits per heavy atom. The number of alkyl halides is 1. The molecule has 0 atom stereocenters. The number of carbonyl (C=O) groups is 4. The van der Waals surface area contributed by atoms with Gasteiger partial charge in [0.15, 0.2) is 0 Å². The van der Waals surface area contributed by atoms with Crippen molar-refractivity contribution >= 4 is 46.3 Å². The standard InChI is InChI=1S/C18H29IN2O10/c19-13-15(22)20-3-4-26-5-6-27-7-8-28-9-10-29-11-12-30-14-18(25)31-21-16(23)1-2-17(21)24/h1-14H2,(H,20,22). The largest absolute Gasteiger partial charge is 0.377 e. The quantitative estimate of drug-likeness (QED) is 0.0928. The summed E-state index contributed by atoms with van der Waals surface area (Å²) in [4.78, 5) is 49.7. The lowest BCUT2D eigenvalue weighted by Crippen LogP contribution is -2.33. The Labute approximate surface area is 194 Å². The van der Waals surface area contributed by atoms with Crippen molar-refractivity contribution in [2.75, 3.05) is 77.0 Å². The number of rotatable bonds is 19. The molecule has 0 spiro atoms. The predicted molar refractivity (Wildman–Crippen MR) is 113 cm³/mol. The highest BCUT2D eigenvalue weighted by atomic mass is 127. The van der Waals surface area contributed by atoms with Crippen molar-refractivity contribution in [1.82, 2.24) is 10.4 Å². The first-order valence-electron chi connectivity index (χ1n) is 9.82. The van der Waals surface area contributed by atoms with E-state index in [0.717, 1.165) is 0 Å². The number of halogens is 1. The van der Waals surface area contributed by atoms with E-state index in [1.807, 2.05) is 22.6 Å². The van der Waals surface area contributed by atoms with Crippen molar-refractivity contribution in [2.45, 2.75) is 12.8 Å². The number of hydroxylamine groups is 2. The van der Waals surface area contributed by atoms with Crippen molar-refractivity contribution in [3.05, 3.63) is 0 Å². The first kappa shape index (κ1) is 27.6. The number of hydrogen-bond acceptors (Lipinski definition) is 10. The second-order valence-electron chi connectivity index (χ2n) is 6.03. The molecule has 0 aromatic rings. The highest BCUT2D eigenvalue weighted by Crippen LogP contribution is 2.11. The van der Waals surface area contributed by atoms with Gasteiger partial charge in [-0.3, -0.25) is 14.4 Å². The lowest BCUT2D eigenvalue weighted by atomic mass is 10.4. The number of nitrogens with one attached hydrogen (secondary N) is 1. The fourth-order valence-electron chi connectivity index (χ4n) is 2.13. The summed E-state index contributed by atoms with van der Waals surface area (Å²) >= 11 is 1.99. The number of nitrogens with zero attached hydrogens (tertiary/aromatic N) is 1. The predicted octanol–water partition coefficient (Wildman–Crippen LogP) is -0.772. The van der Waals surface area contributed by atoms with E-state index in [9.17, 15) is 19.2 Å². The van der Waals surface area contributed by atoms with Gasteiger partial charge >= 0.3 is 5.97 Å². The van der Waals surface area contributed by atoms with Crippen molar-refractivity contribution in [3.8, 4) is 0 Å². The molecule has 0 aliphatic carbocycles. The fourth-order valence-corrected chi connectivity index (χ4v) is 2.40. The molecule has 1 fully saturated rings. The summed E-state index contributed by atoms with van der Waals surface area (Å²) < 4.78 is 26.7. The van der Waals surface area contributed by atoms with Crippen molar-refractivity contribution in [3.63, 3.8) is 0 Å². The van der Waals surface area contributed by atoms with Crippen molar-refractivity contribution in [1.29, 1.82) is 0 Å². The molecule has 0 unspecified atom stereocenters. The second kappa shape index (κ2) is 18.2. The minimum atomic E-state index is -0.819. The summed E-state index contributed by atoms with van der Waals surface area (Å²) in [6.07, 6.45) is 0.0921. The summed E-state index contributed by atoms with van der Waals surface area (Å²) in [6, 6.07) is 0. The van der Waals surface area contributed by atoms with Crippen LogP contribution in [0.4, 0.5) is 0 Å². The maximum atomic E-state index is 11.5. The summed E-state index contributed by atoms with van der Waals surface area (Å²) in [6.45, 7) is 3.45. The van der Waals surface area contributed by atoms with Gasteiger partial charge in [-0.25, -0.2) is 4.79 Å². The average Bonchev–Trinajstić information content (AvgIpc) is 3.07. The monoisotopic (exact) mass is 560 g/mol. The zero-order chi connectivity index (χ0) is 22.7. The Morgan fingerprint density at radius 3 is 1.71 bits per heavy atom. The first-order chi connectivity index (χ1) is 15.0. The van der Waals surface area contributed by atoms with Gasteiger partial charge in [0.05, 0.1) is 63.9 Å². The molecule has 12 nitrogen and oxygen atoms in total. The van der Waals surface area contributed by atoms with Crippen LogP contribution in [0.25, 0.3) is 0 Å². The number of hydrogen-bond donors (Lipinski definition) is 1. The maximum Gasteiger partial charge on any atom is 0.358 e. The Bertz CT molecular complexity index is 547. The molecule has 0 aromatic heterocycles. The molecule has 0 aromatic carbocycles. The van der Waals surface area contributed by atoms with Crippen molar-refractivity contribution < 1.29 is 47.7 Å². The lowest BCUT2D eigenvalue weighted by Gasteiger charge is -2.12. The minimum absolute atomic E-state index is 0.01000. The Kier molecular flexibility index (Phi) is 16.2. The van der Waals surface area contributed by atoms with Crippen LogP contribution in [0.5, 0.6) is 0 Å². The first-order valence-corrected chi connectivity index (χ1v) is 11.3. The topological polar surface area (TPSA) is 139 Å². The van der Waals surface area contributed by atoms with Crippen LogP contribution in [0.3, 0.4) is 0 Å². The van der Waals surface area contributed by atoms with Gasteiger partial charge in [0.1, 0.15) is 6.61 Å². The van der Waals surface area contributed by atoms with Gasteiger partial charge in [-0.1, -0.05) is 22.6 Å². The molecule has 1 heterocycles. The van der Waals surface area contributed by atoms with E-state index in [4.69, 9.17) is 23.7 Å². The second-order valence-corrected chi connectivity index (χ2v) is 6.79. The normalized spacial score (nSPS) is 13.6. The molecule has 31 heavy (non-hydrogen) atoms. The van der Waals surface area contributed by atoms with Crippen LogP contribution in [0.1, 0.15) is 12.8 Å². The number of amides is 3. The molecule has 1 N–H and O–H groups in total. The average molecular weight is 560 g/mol. The molecular weight excluding hydrogens is 531 g/mol. The molecule has 0 radical (unpaired) electrons. The molecule has 0 bridgehead atoms. The van der Waals surface area contributed by atoms with Crippen LogP contribution in [0, 0.1) is 0 Å². The minimum Gasteiger partial charge on any atom is -0.377 e. The Hall–Kier alpha value is -1.39. The lowest BCUT2D eigenvalue weighted by molar-refractivity contribution is -0.200. The number of carbonyl (C=O) groups excluding carboxylic acids is 4. The van der Waals surface area contributed by atoms with Gasteiger partial charge in [0.25, 0.3) is 11.8 Å². The van der Waals surface area contributed by atoms with Crippen LogP contribution in [-0.4, -0.2) is 106 Å². The fraction of sp³-hybridized carbons (Fsp3) is 0.778. The molecule has 178 valence electrons. The molecule has 1 saturated heterocycles. The molecular formula is C18H29IN2O10. The van der Waals surface area contributed by atoms with Gasteiger partial charge in [-0.15, -0.1) is 5.06 Å². The molecule has 3 amide bonds. The highest BCUT2D eigenvalue weighted by molar-refractivity contribution is 14.1. The van der Waals surface area contributed by atoms with E-state index < -0.39 is 17.8 Å². The van der Waals surface area contributed by atoms with Gasteiger partial charge in [-0.2, -0.15) is 0 Å². The van der Waals surface area contributed by atoms with E-state index in [0.29, 0.717) is 62.3 Å². The van der Waals surface area contributed by atoms with Crippen molar-refractivity contribution in [2.24, 2.45) is 0 Å². The Morgan fingerprint density at radius 2 is 1.23 bits per heavy atom. The molecule has 1 aliphatic heterocycles. The third-order valence-corrected chi connectivity index (χ3v) is 4.29. The summed E-state index contributed by atoms with van der Waals surface area (Å²) in [7, 11) is 0.